The molecule has 0 saturated carbocycles. The van der Waals surface area contributed by atoms with E-state index in [9.17, 15) is 0 Å². The van der Waals surface area contributed by atoms with Gasteiger partial charge in [0.1, 0.15) is 11.4 Å². The molecule has 1 fully saturated rings. The van der Waals surface area contributed by atoms with E-state index < -0.39 is 0 Å². The molecular formula is C14H23N3O2. The molecule has 2 rings (SSSR count). The van der Waals surface area contributed by atoms with Gasteiger partial charge in [-0.15, -0.1) is 0 Å². The van der Waals surface area contributed by atoms with Crippen molar-refractivity contribution >= 4 is 0 Å². The molecule has 0 aliphatic carbocycles. The van der Waals surface area contributed by atoms with Crippen LogP contribution in [0.1, 0.15) is 25.6 Å². The molecule has 1 saturated heterocycles. The Kier molecular flexibility index (Phi) is 4.39. The van der Waals surface area contributed by atoms with E-state index in [1.807, 2.05) is 12.1 Å². The Morgan fingerprint density at radius 1 is 1.42 bits per heavy atom. The number of rotatable bonds is 4. The molecule has 1 atom stereocenters. The fraction of sp³-hybridized carbons (Fsp3) is 0.643. The zero-order valence-corrected chi connectivity index (χ0v) is 11.9. The minimum Gasteiger partial charge on any atom is -0.495 e. The van der Waals surface area contributed by atoms with Crippen molar-refractivity contribution in [2.75, 3.05) is 33.4 Å². The molecule has 2 heterocycles. The number of aromatic nitrogens is 1. The molecule has 19 heavy (non-hydrogen) atoms. The fourth-order valence-electron chi connectivity index (χ4n) is 2.48. The van der Waals surface area contributed by atoms with Crippen LogP contribution < -0.4 is 10.5 Å². The molecule has 1 aliphatic rings. The van der Waals surface area contributed by atoms with E-state index in [4.69, 9.17) is 15.2 Å². The maximum atomic E-state index is 6.46. The second-order valence-electron chi connectivity index (χ2n) is 5.32. The molecule has 106 valence electrons. The van der Waals surface area contributed by atoms with E-state index in [0.29, 0.717) is 0 Å². The quantitative estimate of drug-likeness (QED) is 0.886. The van der Waals surface area contributed by atoms with Crippen LogP contribution in [0, 0.1) is 0 Å². The first kappa shape index (κ1) is 14.2. The Bertz CT molecular complexity index is 417. The van der Waals surface area contributed by atoms with Crippen LogP contribution in [0.15, 0.2) is 18.3 Å². The van der Waals surface area contributed by atoms with Gasteiger partial charge in [-0.05, 0) is 26.0 Å². The first-order valence-corrected chi connectivity index (χ1v) is 6.64. The molecule has 0 amide bonds. The largest absolute Gasteiger partial charge is 0.495 e. The lowest BCUT2D eigenvalue weighted by Gasteiger charge is -2.44. The monoisotopic (exact) mass is 265 g/mol. The van der Waals surface area contributed by atoms with E-state index >= 15 is 0 Å². The third-order valence-electron chi connectivity index (χ3n) is 3.90. The first-order chi connectivity index (χ1) is 9.07. The number of hydrogen-bond donors (Lipinski definition) is 1. The van der Waals surface area contributed by atoms with E-state index in [-0.39, 0.29) is 11.6 Å². The van der Waals surface area contributed by atoms with Crippen LogP contribution in [0.3, 0.4) is 0 Å². The summed E-state index contributed by atoms with van der Waals surface area (Å²) in [7, 11) is 1.65. The van der Waals surface area contributed by atoms with E-state index in [2.05, 4.69) is 23.7 Å². The lowest BCUT2D eigenvalue weighted by atomic mass is 9.89. The zero-order chi connectivity index (χ0) is 13.9. The van der Waals surface area contributed by atoms with Crippen molar-refractivity contribution in [3.05, 3.63) is 24.0 Å². The van der Waals surface area contributed by atoms with Crippen molar-refractivity contribution in [1.82, 2.24) is 9.88 Å². The summed E-state index contributed by atoms with van der Waals surface area (Å²) in [5.74, 6) is 0.747. The lowest BCUT2D eigenvalue weighted by Crippen LogP contribution is -2.55. The summed E-state index contributed by atoms with van der Waals surface area (Å²) < 4.78 is 10.8. The molecular weight excluding hydrogens is 242 g/mol. The predicted octanol–water partition coefficient (Wildman–Crippen LogP) is 1.20. The molecule has 0 aromatic carbocycles. The molecule has 2 N–H and O–H groups in total. The van der Waals surface area contributed by atoms with Crippen molar-refractivity contribution in [2.45, 2.75) is 25.4 Å². The number of morpholine rings is 1. The smallest absolute Gasteiger partial charge is 0.142 e. The van der Waals surface area contributed by atoms with Crippen molar-refractivity contribution < 1.29 is 9.47 Å². The second-order valence-corrected chi connectivity index (χ2v) is 5.32. The van der Waals surface area contributed by atoms with Gasteiger partial charge in [-0.3, -0.25) is 9.88 Å². The normalized spacial score (nSPS) is 19.2. The first-order valence-electron chi connectivity index (χ1n) is 6.64. The molecule has 5 heteroatoms. The Hall–Kier alpha value is -1.17. The third-order valence-corrected chi connectivity index (χ3v) is 3.90. The number of nitrogens with two attached hydrogens (primary N) is 1. The van der Waals surface area contributed by atoms with E-state index in [0.717, 1.165) is 37.7 Å². The number of ether oxygens (including phenoxy) is 2. The summed E-state index contributed by atoms with van der Waals surface area (Å²) in [6.07, 6.45) is 1.76. The van der Waals surface area contributed by atoms with Gasteiger partial charge in [0, 0.05) is 24.8 Å². The maximum Gasteiger partial charge on any atom is 0.142 e. The van der Waals surface area contributed by atoms with Gasteiger partial charge >= 0.3 is 0 Å². The van der Waals surface area contributed by atoms with Crippen molar-refractivity contribution in [3.63, 3.8) is 0 Å². The molecule has 5 nitrogen and oxygen atoms in total. The maximum absolute atomic E-state index is 6.46. The zero-order valence-electron chi connectivity index (χ0n) is 11.9. The number of nitrogens with zero attached hydrogens (tertiary/aromatic N) is 2. The standard InChI is InChI=1S/C14H23N3O2/c1-14(2,17-7-9-19-10-8-17)13(15)12-11(18-3)5-4-6-16-12/h4-6,13H,7-10,15H2,1-3H3. The summed E-state index contributed by atoms with van der Waals surface area (Å²) in [6.45, 7) is 7.62. The predicted molar refractivity (Wildman–Crippen MR) is 74.2 cm³/mol. The average molecular weight is 265 g/mol. The van der Waals surface area contributed by atoms with Gasteiger partial charge in [0.2, 0.25) is 0 Å². The fourth-order valence-corrected chi connectivity index (χ4v) is 2.48. The van der Waals surface area contributed by atoms with Crippen LogP contribution in [0.25, 0.3) is 0 Å². The Labute approximate surface area is 114 Å². The van der Waals surface area contributed by atoms with E-state index in [1.54, 1.807) is 13.3 Å². The SMILES string of the molecule is COc1cccnc1C(N)C(C)(C)N1CCOCC1. The third kappa shape index (κ3) is 2.88. The number of methoxy groups -OCH3 is 1. The highest BCUT2D eigenvalue weighted by atomic mass is 16.5. The van der Waals surface area contributed by atoms with Gasteiger partial charge < -0.3 is 15.2 Å². The van der Waals surface area contributed by atoms with Crippen LogP contribution >= 0.6 is 0 Å². The van der Waals surface area contributed by atoms with Gasteiger partial charge in [-0.2, -0.15) is 0 Å². The van der Waals surface area contributed by atoms with Crippen LogP contribution in [0.2, 0.25) is 0 Å². The Balaban J connectivity index is 2.23. The van der Waals surface area contributed by atoms with Crippen molar-refractivity contribution in [3.8, 4) is 5.75 Å². The molecule has 1 unspecified atom stereocenters. The minimum atomic E-state index is -0.207. The van der Waals surface area contributed by atoms with Gasteiger partial charge in [0.25, 0.3) is 0 Å². The van der Waals surface area contributed by atoms with Gasteiger partial charge in [0.15, 0.2) is 0 Å². The summed E-state index contributed by atoms with van der Waals surface area (Å²) in [5.41, 5.74) is 7.07. The van der Waals surface area contributed by atoms with Crippen LogP contribution in [0.5, 0.6) is 5.75 Å². The molecule has 1 aliphatic heterocycles. The lowest BCUT2D eigenvalue weighted by molar-refractivity contribution is -0.0197. The average Bonchev–Trinajstić information content (AvgIpc) is 2.47. The summed E-state index contributed by atoms with van der Waals surface area (Å²) in [4.78, 5) is 6.76. The van der Waals surface area contributed by atoms with Crippen molar-refractivity contribution in [1.29, 1.82) is 0 Å². The number of pyridine rings is 1. The highest BCUT2D eigenvalue weighted by molar-refractivity contribution is 5.31. The summed E-state index contributed by atoms with van der Waals surface area (Å²) in [5, 5.41) is 0. The van der Waals surface area contributed by atoms with Crippen LogP contribution in [0.4, 0.5) is 0 Å². The van der Waals surface area contributed by atoms with Gasteiger partial charge in [-0.1, -0.05) is 0 Å². The Morgan fingerprint density at radius 2 is 2.11 bits per heavy atom. The van der Waals surface area contributed by atoms with Gasteiger partial charge in [-0.25, -0.2) is 0 Å². The Morgan fingerprint density at radius 3 is 2.74 bits per heavy atom. The summed E-state index contributed by atoms with van der Waals surface area (Å²) in [6, 6.07) is 3.55. The molecule has 1 aromatic rings. The molecule has 0 radical (unpaired) electrons. The number of hydrogen-bond acceptors (Lipinski definition) is 5. The van der Waals surface area contributed by atoms with Crippen LogP contribution in [-0.4, -0.2) is 48.8 Å². The topological polar surface area (TPSA) is 60.6 Å². The highest BCUT2D eigenvalue weighted by Crippen LogP contribution is 2.32. The second kappa shape index (κ2) is 5.86. The minimum absolute atomic E-state index is 0.189. The van der Waals surface area contributed by atoms with Crippen molar-refractivity contribution in [2.24, 2.45) is 5.73 Å². The molecule has 1 aromatic heterocycles. The van der Waals surface area contributed by atoms with Gasteiger partial charge in [0.05, 0.1) is 26.4 Å². The van der Waals surface area contributed by atoms with E-state index in [1.165, 1.54) is 0 Å². The van der Waals surface area contributed by atoms with Crippen LogP contribution in [-0.2, 0) is 4.74 Å². The molecule has 0 spiro atoms. The summed E-state index contributed by atoms with van der Waals surface area (Å²) >= 11 is 0. The molecule has 0 bridgehead atoms. The highest BCUT2D eigenvalue weighted by Gasteiger charge is 2.36.